The SMILES string of the molecule is CCS[C](NCC(C)C)OCC(C)C. The second-order valence-corrected chi connectivity index (χ2v) is 5.44. The minimum atomic E-state index is 0.586. The van der Waals surface area contributed by atoms with Crippen LogP contribution in [0.1, 0.15) is 34.6 Å². The molecular weight excluding hydrogens is 194 g/mol. The Morgan fingerprint density at radius 3 is 2.29 bits per heavy atom. The van der Waals surface area contributed by atoms with Gasteiger partial charge in [-0.1, -0.05) is 34.6 Å². The van der Waals surface area contributed by atoms with Crippen LogP contribution in [-0.2, 0) is 4.74 Å². The number of ether oxygens (including phenoxy) is 1. The predicted octanol–water partition coefficient (Wildman–Crippen LogP) is 3.10. The van der Waals surface area contributed by atoms with E-state index in [9.17, 15) is 0 Å². The monoisotopic (exact) mass is 218 g/mol. The lowest BCUT2D eigenvalue weighted by Crippen LogP contribution is -2.26. The molecule has 3 heteroatoms. The Morgan fingerprint density at radius 1 is 1.21 bits per heavy atom. The molecule has 14 heavy (non-hydrogen) atoms. The van der Waals surface area contributed by atoms with Gasteiger partial charge in [0.1, 0.15) is 0 Å². The van der Waals surface area contributed by atoms with Crippen molar-refractivity contribution < 1.29 is 4.74 Å². The molecule has 0 amide bonds. The maximum Gasteiger partial charge on any atom is 0.221 e. The van der Waals surface area contributed by atoms with Crippen LogP contribution in [0.5, 0.6) is 0 Å². The molecule has 0 bridgehead atoms. The van der Waals surface area contributed by atoms with Gasteiger partial charge in [0, 0.05) is 6.54 Å². The molecule has 0 saturated heterocycles. The molecule has 0 unspecified atom stereocenters. The molecule has 0 aromatic rings. The lowest BCUT2D eigenvalue weighted by atomic mass is 10.2. The zero-order valence-electron chi connectivity index (χ0n) is 10.1. The van der Waals surface area contributed by atoms with Gasteiger partial charge in [-0.05, 0) is 17.6 Å². The van der Waals surface area contributed by atoms with Crippen LogP contribution in [-0.4, -0.2) is 18.9 Å². The van der Waals surface area contributed by atoms with Gasteiger partial charge in [0.25, 0.3) is 0 Å². The fraction of sp³-hybridized carbons (Fsp3) is 0.909. The molecule has 2 nitrogen and oxygen atoms in total. The first-order valence-electron chi connectivity index (χ1n) is 5.42. The van der Waals surface area contributed by atoms with E-state index in [1.54, 1.807) is 11.8 Å². The zero-order valence-corrected chi connectivity index (χ0v) is 10.9. The summed E-state index contributed by atoms with van der Waals surface area (Å²) in [6.45, 7) is 12.6. The largest absolute Gasteiger partial charge is 0.346 e. The Kier molecular flexibility index (Phi) is 8.73. The van der Waals surface area contributed by atoms with Crippen molar-refractivity contribution in [1.82, 2.24) is 5.32 Å². The van der Waals surface area contributed by atoms with E-state index in [0.29, 0.717) is 11.8 Å². The molecule has 0 heterocycles. The number of rotatable bonds is 8. The van der Waals surface area contributed by atoms with Gasteiger partial charge in [-0.25, -0.2) is 0 Å². The van der Waals surface area contributed by atoms with Crippen molar-refractivity contribution in [3.8, 4) is 0 Å². The molecule has 85 valence electrons. The van der Waals surface area contributed by atoms with Crippen LogP contribution in [0.3, 0.4) is 0 Å². The van der Waals surface area contributed by atoms with Gasteiger partial charge in [-0.15, -0.1) is 11.8 Å². The first kappa shape index (κ1) is 14.3. The van der Waals surface area contributed by atoms with E-state index in [0.717, 1.165) is 24.5 Å². The maximum absolute atomic E-state index is 5.66. The van der Waals surface area contributed by atoms with Gasteiger partial charge in [-0.2, -0.15) is 0 Å². The van der Waals surface area contributed by atoms with Gasteiger partial charge >= 0.3 is 0 Å². The Balaban J connectivity index is 3.65. The number of hydrogen-bond donors (Lipinski definition) is 1. The highest BCUT2D eigenvalue weighted by Gasteiger charge is 2.11. The van der Waals surface area contributed by atoms with Crippen LogP contribution in [0, 0.1) is 17.4 Å². The van der Waals surface area contributed by atoms with Crippen LogP contribution in [0.15, 0.2) is 0 Å². The van der Waals surface area contributed by atoms with E-state index in [1.807, 2.05) is 0 Å². The Hall–Kier alpha value is 0.270. The average Bonchev–Trinajstić information content (AvgIpc) is 2.09. The summed E-state index contributed by atoms with van der Waals surface area (Å²) in [7, 11) is 0. The van der Waals surface area contributed by atoms with Crippen LogP contribution in [0.4, 0.5) is 0 Å². The number of nitrogens with one attached hydrogen (secondary N) is 1. The van der Waals surface area contributed by atoms with Crippen molar-refractivity contribution in [3.05, 3.63) is 5.56 Å². The standard InChI is InChI=1S/C11H24NOS/c1-6-14-11(12-7-9(2)3)13-8-10(4)5/h9-10,12H,6-8H2,1-5H3. The second kappa shape index (κ2) is 8.57. The Labute approximate surface area is 93.2 Å². The molecule has 0 spiro atoms. The van der Waals surface area contributed by atoms with E-state index in [4.69, 9.17) is 4.74 Å². The molecular formula is C11H24NOS. The molecule has 0 aromatic carbocycles. The average molecular weight is 218 g/mol. The van der Waals surface area contributed by atoms with Crippen molar-refractivity contribution >= 4 is 11.8 Å². The van der Waals surface area contributed by atoms with Crippen molar-refractivity contribution in [2.75, 3.05) is 18.9 Å². The summed E-state index contributed by atoms with van der Waals surface area (Å²) in [6, 6.07) is 0. The van der Waals surface area contributed by atoms with Crippen LogP contribution < -0.4 is 5.32 Å². The summed E-state index contributed by atoms with van der Waals surface area (Å²) in [6.07, 6.45) is 0. The molecule has 0 rings (SSSR count). The van der Waals surface area contributed by atoms with E-state index in [-0.39, 0.29) is 0 Å². The van der Waals surface area contributed by atoms with E-state index in [1.165, 1.54) is 0 Å². The molecule has 0 saturated carbocycles. The van der Waals surface area contributed by atoms with Crippen molar-refractivity contribution in [2.45, 2.75) is 34.6 Å². The minimum absolute atomic E-state index is 0.586. The molecule has 0 aliphatic rings. The normalized spacial score (nSPS) is 12.0. The summed E-state index contributed by atoms with van der Waals surface area (Å²) < 4.78 is 5.66. The first-order chi connectivity index (χ1) is 6.56. The van der Waals surface area contributed by atoms with Crippen molar-refractivity contribution in [3.63, 3.8) is 0 Å². The highest BCUT2D eigenvalue weighted by atomic mass is 32.2. The summed E-state index contributed by atoms with van der Waals surface area (Å²) >= 11 is 1.74. The maximum atomic E-state index is 5.66. The smallest absolute Gasteiger partial charge is 0.221 e. The van der Waals surface area contributed by atoms with E-state index < -0.39 is 0 Å². The predicted molar refractivity (Wildman–Crippen MR) is 65.0 cm³/mol. The topological polar surface area (TPSA) is 21.3 Å². The van der Waals surface area contributed by atoms with Gasteiger partial charge in [0.05, 0.1) is 6.61 Å². The fourth-order valence-electron chi connectivity index (χ4n) is 0.805. The quantitative estimate of drug-likeness (QED) is 0.676. The van der Waals surface area contributed by atoms with Gasteiger partial charge in [0.15, 0.2) is 0 Å². The zero-order chi connectivity index (χ0) is 11.0. The molecule has 0 atom stereocenters. The molecule has 0 aliphatic carbocycles. The van der Waals surface area contributed by atoms with E-state index >= 15 is 0 Å². The highest BCUT2D eigenvalue weighted by Crippen LogP contribution is 2.18. The summed E-state index contributed by atoms with van der Waals surface area (Å²) in [5.74, 6) is 2.30. The highest BCUT2D eigenvalue weighted by molar-refractivity contribution is 8.01. The van der Waals surface area contributed by atoms with Gasteiger partial charge in [0.2, 0.25) is 5.56 Å². The van der Waals surface area contributed by atoms with Gasteiger partial charge < -0.3 is 4.74 Å². The second-order valence-electron chi connectivity index (χ2n) is 4.20. The van der Waals surface area contributed by atoms with Crippen LogP contribution >= 0.6 is 11.8 Å². The summed E-state index contributed by atoms with van der Waals surface area (Å²) in [5.41, 5.74) is 0.981. The summed E-state index contributed by atoms with van der Waals surface area (Å²) in [5, 5.41) is 3.33. The molecule has 0 fully saturated rings. The third-order valence-corrected chi connectivity index (χ3v) is 2.29. The molecule has 0 aliphatic heterocycles. The molecule has 1 N–H and O–H groups in total. The first-order valence-corrected chi connectivity index (χ1v) is 6.41. The van der Waals surface area contributed by atoms with E-state index in [2.05, 4.69) is 39.9 Å². The Bertz CT molecular complexity index is 116. The van der Waals surface area contributed by atoms with Crippen LogP contribution in [0.25, 0.3) is 0 Å². The Morgan fingerprint density at radius 2 is 1.86 bits per heavy atom. The lowest BCUT2D eigenvalue weighted by molar-refractivity contribution is 0.135. The van der Waals surface area contributed by atoms with Crippen molar-refractivity contribution in [2.24, 2.45) is 11.8 Å². The number of hydrogen-bond acceptors (Lipinski definition) is 3. The van der Waals surface area contributed by atoms with Gasteiger partial charge in [-0.3, -0.25) is 5.32 Å². The third-order valence-electron chi connectivity index (χ3n) is 1.48. The molecule has 0 aromatic heterocycles. The minimum Gasteiger partial charge on any atom is -0.346 e. The molecule has 1 radical (unpaired) electrons. The summed E-state index contributed by atoms with van der Waals surface area (Å²) in [4.78, 5) is 0. The van der Waals surface area contributed by atoms with Crippen molar-refractivity contribution in [1.29, 1.82) is 0 Å². The fourth-order valence-corrected chi connectivity index (χ4v) is 1.40. The van der Waals surface area contributed by atoms with Crippen LogP contribution in [0.2, 0.25) is 0 Å². The number of thioether (sulfide) groups is 1. The third kappa shape index (κ3) is 8.85. The lowest BCUT2D eigenvalue weighted by Gasteiger charge is -2.18.